The lowest BCUT2D eigenvalue weighted by Gasteiger charge is -2.15. The summed E-state index contributed by atoms with van der Waals surface area (Å²) in [6.45, 7) is 5.77. The fourth-order valence-electron chi connectivity index (χ4n) is 5.49. The summed E-state index contributed by atoms with van der Waals surface area (Å²) in [5.41, 5.74) is 10.2. The van der Waals surface area contributed by atoms with Gasteiger partial charge in [0.1, 0.15) is 16.3 Å². The largest absolute Gasteiger partial charge is 0.378 e. The van der Waals surface area contributed by atoms with E-state index in [0.717, 1.165) is 59.4 Å². The number of halogens is 1. The van der Waals surface area contributed by atoms with Gasteiger partial charge in [-0.15, -0.1) is 0 Å². The number of hydrogen-bond donors (Lipinski definition) is 2. The minimum absolute atomic E-state index is 0.611. The fourth-order valence-corrected chi connectivity index (χ4v) is 5.91. The Balaban J connectivity index is 1.49. The maximum atomic E-state index is 6.15. The normalized spacial score (nSPS) is 12.9. The van der Waals surface area contributed by atoms with Crippen LogP contribution < -0.4 is 10.6 Å². The lowest BCUT2D eigenvalue weighted by atomic mass is 9.98. The van der Waals surface area contributed by atoms with Crippen LogP contribution in [0, 0.1) is 13.8 Å². The molecule has 3 heterocycles. The molecule has 192 valence electrons. The molecule has 0 aliphatic carbocycles. The van der Waals surface area contributed by atoms with Gasteiger partial charge in [0.05, 0.1) is 6.54 Å². The van der Waals surface area contributed by atoms with Crippen LogP contribution in [0.1, 0.15) is 41.1 Å². The molecule has 1 aliphatic rings. The van der Waals surface area contributed by atoms with E-state index in [-0.39, 0.29) is 0 Å². The molecule has 0 saturated heterocycles. The highest BCUT2D eigenvalue weighted by Crippen LogP contribution is 2.37. The summed E-state index contributed by atoms with van der Waals surface area (Å²) in [5, 5.41) is 13.0. The van der Waals surface area contributed by atoms with E-state index in [4.69, 9.17) is 28.9 Å². The molecule has 6 rings (SSSR count). The molecule has 5 aromatic rings. The van der Waals surface area contributed by atoms with Gasteiger partial charge in [0, 0.05) is 34.1 Å². The predicted octanol–water partition coefficient (Wildman–Crippen LogP) is 7.81. The van der Waals surface area contributed by atoms with Gasteiger partial charge in [-0.1, -0.05) is 72.3 Å². The third-order valence-corrected chi connectivity index (χ3v) is 7.90. The molecular weight excluding hydrogens is 510 g/mol. The Morgan fingerprint density at radius 1 is 0.947 bits per heavy atom. The molecule has 0 fully saturated rings. The van der Waals surface area contributed by atoms with E-state index in [2.05, 4.69) is 82.1 Å². The second-order valence-electron chi connectivity index (χ2n) is 9.91. The molecular formula is C31H30ClN5S. The molecule has 0 bridgehead atoms. The Kier molecular flexibility index (Phi) is 6.68. The van der Waals surface area contributed by atoms with E-state index in [1.807, 2.05) is 24.3 Å². The second-order valence-corrected chi connectivity index (χ2v) is 10.8. The maximum Gasteiger partial charge on any atom is 0.150 e. The van der Waals surface area contributed by atoms with Crippen LogP contribution >= 0.6 is 23.8 Å². The van der Waals surface area contributed by atoms with Crippen LogP contribution in [-0.2, 0) is 19.5 Å². The second kappa shape index (κ2) is 10.3. The van der Waals surface area contributed by atoms with Gasteiger partial charge in [-0.05, 0) is 74.1 Å². The first-order valence-corrected chi connectivity index (χ1v) is 13.9. The molecule has 0 radical (unpaired) electrons. The summed E-state index contributed by atoms with van der Waals surface area (Å²) < 4.78 is 4.47. The molecule has 0 atom stereocenters. The SMILES string of the molecule is Cc1cccc(C)c1NC(=S)c1c(-c2ccccc2)c2c3n(c(CNc4ccc(Cl)cc4)nn13)CCCC2. The van der Waals surface area contributed by atoms with E-state index < -0.39 is 0 Å². The molecule has 0 spiro atoms. The van der Waals surface area contributed by atoms with Crippen molar-refractivity contribution in [2.75, 3.05) is 10.6 Å². The zero-order chi connectivity index (χ0) is 26.2. The van der Waals surface area contributed by atoms with Crippen LogP contribution in [0.25, 0.3) is 16.8 Å². The average Bonchev–Trinajstić information content (AvgIpc) is 3.32. The summed E-state index contributed by atoms with van der Waals surface area (Å²) in [5.74, 6) is 0.994. The monoisotopic (exact) mass is 539 g/mol. The third kappa shape index (κ3) is 4.48. The van der Waals surface area contributed by atoms with E-state index in [1.54, 1.807) is 0 Å². The van der Waals surface area contributed by atoms with Crippen molar-refractivity contribution in [2.45, 2.75) is 46.2 Å². The first-order valence-electron chi connectivity index (χ1n) is 13.1. The Bertz CT molecular complexity index is 1610. The average molecular weight is 540 g/mol. The van der Waals surface area contributed by atoms with Gasteiger partial charge >= 0.3 is 0 Å². The van der Waals surface area contributed by atoms with Crippen LogP contribution in [0.2, 0.25) is 5.02 Å². The molecule has 7 heteroatoms. The van der Waals surface area contributed by atoms with Crippen LogP contribution in [0.4, 0.5) is 11.4 Å². The number of nitrogens with zero attached hydrogens (tertiary/aromatic N) is 3. The number of hydrogen-bond acceptors (Lipinski definition) is 3. The molecule has 3 aromatic carbocycles. The molecule has 0 amide bonds. The Morgan fingerprint density at radius 2 is 1.68 bits per heavy atom. The molecule has 38 heavy (non-hydrogen) atoms. The number of rotatable bonds is 6. The smallest absolute Gasteiger partial charge is 0.150 e. The van der Waals surface area contributed by atoms with E-state index in [1.165, 1.54) is 27.8 Å². The number of aryl methyl sites for hydroxylation is 4. The van der Waals surface area contributed by atoms with Crippen LogP contribution in [0.3, 0.4) is 0 Å². The van der Waals surface area contributed by atoms with Gasteiger partial charge in [-0.2, -0.15) is 5.10 Å². The topological polar surface area (TPSA) is 46.3 Å². The summed E-state index contributed by atoms with van der Waals surface area (Å²) in [7, 11) is 0. The summed E-state index contributed by atoms with van der Waals surface area (Å²) in [6, 6.07) is 24.7. The van der Waals surface area contributed by atoms with Gasteiger partial charge in [0.25, 0.3) is 0 Å². The van der Waals surface area contributed by atoms with Gasteiger partial charge in [-0.25, -0.2) is 4.52 Å². The number of aromatic nitrogens is 3. The predicted molar refractivity (Wildman–Crippen MR) is 162 cm³/mol. The summed E-state index contributed by atoms with van der Waals surface area (Å²) in [4.78, 5) is 0.685. The highest BCUT2D eigenvalue weighted by atomic mass is 35.5. The van der Waals surface area contributed by atoms with E-state index in [0.29, 0.717) is 11.5 Å². The summed E-state index contributed by atoms with van der Waals surface area (Å²) in [6.07, 6.45) is 3.24. The minimum Gasteiger partial charge on any atom is -0.378 e. The molecule has 2 N–H and O–H groups in total. The van der Waals surface area contributed by atoms with Crippen molar-refractivity contribution in [1.29, 1.82) is 0 Å². The Hall–Kier alpha value is -3.61. The minimum atomic E-state index is 0.611. The van der Waals surface area contributed by atoms with E-state index in [9.17, 15) is 0 Å². The highest BCUT2D eigenvalue weighted by molar-refractivity contribution is 7.81. The molecule has 0 saturated carbocycles. The number of nitrogens with one attached hydrogen (secondary N) is 2. The lowest BCUT2D eigenvalue weighted by Crippen LogP contribution is -2.16. The number of thiocarbonyl (C=S) groups is 1. The molecule has 5 nitrogen and oxygen atoms in total. The van der Waals surface area contributed by atoms with Crippen molar-refractivity contribution < 1.29 is 0 Å². The summed E-state index contributed by atoms with van der Waals surface area (Å²) >= 11 is 12.2. The first kappa shape index (κ1) is 24.7. The molecule has 0 unspecified atom stereocenters. The van der Waals surface area contributed by atoms with Gasteiger partial charge in [0.2, 0.25) is 0 Å². The van der Waals surface area contributed by atoms with Crippen LogP contribution in [0.15, 0.2) is 72.8 Å². The van der Waals surface area contributed by atoms with Gasteiger partial charge in [0.15, 0.2) is 5.82 Å². The molecule has 2 aromatic heterocycles. The van der Waals surface area contributed by atoms with Crippen LogP contribution in [0.5, 0.6) is 0 Å². The first-order chi connectivity index (χ1) is 18.5. The molecule has 1 aliphatic heterocycles. The quantitative estimate of drug-likeness (QED) is 0.216. The Morgan fingerprint density at radius 3 is 2.42 bits per heavy atom. The van der Waals surface area contributed by atoms with Crippen molar-refractivity contribution >= 4 is 45.8 Å². The van der Waals surface area contributed by atoms with Crippen molar-refractivity contribution in [3.8, 4) is 11.1 Å². The number of benzene rings is 3. The Labute approximate surface area is 233 Å². The van der Waals surface area contributed by atoms with Crippen molar-refractivity contribution in [3.05, 3.63) is 106 Å². The van der Waals surface area contributed by atoms with Crippen molar-refractivity contribution in [2.24, 2.45) is 0 Å². The standard InChI is InChI=1S/C31H30ClN5S/c1-20-9-8-10-21(2)28(20)34-30(38)29-27(22-11-4-3-5-12-22)25-13-6-7-18-36-26(35-37(29)31(25)36)19-33-24-16-14-23(32)15-17-24/h3-5,8-12,14-17,33H,6-7,13,18-19H2,1-2H3,(H,34,38). The number of anilines is 2. The van der Waals surface area contributed by atoms with Crippen LogP contribution in [-0.4, -0.2) is 19.2 Å². The lowest BCUT2D eigenvalue weighted by molar-refractivity contribution is 0.619. The van der Waals surface area contributed by atoms with Crippen molar-refractivity contribution in [1.82, 2.24) is 14.2 Å². The number of para-hydroxylation sites is 1. The zero-order valence-corrected chi connectivity index (χ0v) is 23.2. The van der Waals surface area contributed by atoms with Gasteiger partial charge < -0.3 is 15.2 Å². The highest BCUT2D eigenvalue weighted by Gasteiger charge is 2.29. The maximum absolute atomic E-state index is 6.15. The van der Waals surface area contributed by atoms with Crippen molar-refractivity contribution in [3.63, 3.8) is 0 Å². The fraction of sp³-hybridized carbons (Fsp3) is 0.226. The third-order valence-electron chi connectivity index (χ3n) is 7.35. The van der Waals surface area contributed by atoms with E-state index >= 15 is 0 Å². The van der Waals surface area contributed by atoms with Gasteiger partial charge in [-0.3, -0.25) is 0 Å². The zero-order valence-electron chi connectivity index (χ0n) is 21.6.